The fraction of sp³-hybridized carbons (Fsp3) is 0.300. The van der Waals surface area contributed by atoms with Crippen LogP contribution in [-0.2, 0) is 6.42 Å². The summed E-state index contributed by atoms with van der Waals surface area (Å²) in [6.45, 7) is 1.84. The van der Waals surface area contributed by atoms with Crippen LogP contribution in [0.2, 0.25) is 0 Å². The minimum atomic E-state index is -4.77. The van der Waals surface area contributed by atoms with E-state index in [1.54, 1.807) is 0 Å². The third-order valence-electron chi connectivity index (χ3n) is 1.84. The maximum atomic E-state index is 11.9. The third-order valence-corrected chi connectivity index (χ3v) is 1.84. The minimum absolute atomic E-state index is 0.0910. The van der Waals surface area contributed by atoms with Crippen LogP contribution >= 0.6 is 0 Å². The van der Waals surface area contributed by atoms with E-state index in [9.17, 15) is 18.0 Å². The van der Waals surface area contributed by atoms with Crippen molar-refractivity contribution in [2.45, 2.75) is 19.7 Å². The van der Waals surface area contributed by atoms with E-state index < -0.39 is 12.1 Å². The van der Waals surface area contributed by atoms with Crippen LogP contribution in [0.25, 0.3) is 0 Å². The maximum Gasteiger partial charge on any atom is 0.573 e. The van der Waals surface area contributed by atoms with Crippen molar-refractivity contribution < 1.29 is 22.7 Å². The molecule has 0 unspecified atom stereocenters. The lowest BCUT2D eigenvalue weighted by Gasteiger charge is -2.11. The molecule has 2 nitrogen and oxygen atoms in total. The Hall–Kier alpha value is -1.52. The number of ether oxygens (including phenoxy) is 1. The van der Waals surface area contributed by atoms with Gasteiger partial charge >= 0.3 is 6.36 Å². The molecule has 0 aliphatic rings. The van der Waals surface area contributed by atoms with Crippen molar-refractivity contribution >= 4 is 6.29 Å². The van der Waals surface area contributed by atoms with Crippen molar-refractivity contribution in [1.29, 1.82) is 0 Å². The molecule has 0 N–H and O–H groups in total. The molecule has 0 spiro atoms. The summed E-state index contributed by atoms with van der Waals surface area (Å²) in [5.41, 5.74) is 0.693. The van der Waals surface area contributed by atoms with Crippen LogP contribution in [0.4, 0.5) is 13.2 Å². The lowest BCUT2D eigenvalue weighted by Crippen LogP contribution is -2.18. The topological polar surface area (TPSA) is 26.3 Å². The highest BCUT2D eigenvalue weighted by Gasteiger charge is 2.32. The molecule has 1 aromatic rings. The number of carbonyl (C=O) groups is 1. The van der Waals surface area contributed by atoms with E-state index in [0.717, 1.165) is 11.6 Å². The van der Waals surface area contributed by atoms with Crippen LogP contribution in [0.1, 0.15) is 22.8 Å². The summed E-state index contributed by atoms with van der Waals surface area (Å²) in [4.78, 5) is 10.5. The lowest BCUT2D eigenvalue weighted by molar-refractivity contribution is -0.274. The Morgan fingerprint density at radius 3 is 2.53 bits per heavy atom. The molecular formula is C10H9F3O2. The third kappa shape index (κ3) is 3.27. The summed E-state index contributed by atoms with van der Waals surface area (Å²) in [5, 5.41) is 0. The van der Waals surface area contributed by atoms with Gasteiger partial charge in [-0.25, -0.2) is 0 Å². The number of halogens is 3. The van der Waals surface area contributed by atoms with Gasteiger partial charge in [-0.1, -0.05) is 13.0 Å². The van der Waals surface area contributed by atoms with Crippen LogP contribution in [-0.4, -0.2) is 12.6 Å². The Bertz CT molecular complexity index is 358. The van der Waals surface area contributed by atoms with Crippen molar-refractivity contribution in [3.05, 3.63) is 29.3 Å². The number of hydrogen-bond donors (Lipinski definition) is 0. The van der Waals surface area contributed by atoms with Gasteiger partial charge in [0.05, 0.1) is 5.56 Å². The van der Waals surface area contributed by atoms with Gasteiger partial charge in [0, 0.05) is 0 Å². The van der Waals surface area contributed by atoms with E-state index in [1.807, 2.05) is 6.92 Å². The van der Waals surface area contributed by atoms with Gasteiger partial charge in [-0.2, -0.15) is 0 Å². The molecule has 0 heterocycles. The predicted octanol–water partition coefficient (Wildman–Crippen LogP) is 2.96. The monoisotopic (exact) mass is 218 g/mol. The zero-order chi connectivity index (χ0) is 11.5. The summed E-state index contributed by atoms with van der Waals surface area (Å²) in [7, 11) is 0. The number of rotatable bonds is 3. The average Bonchev–Trinajstić information content (AvgIpc) is 2.16. The summed E-state index contributed by atoms with van der Waals surface area (Å²) in [6.07, 6.45) is -3.78. The molecule has 82 valence electrons. The number of alkyl halides is 3. The van der Waals surface area contributed by atoms with Gasteiger partial charge < -0.3 is 4.74 Å². The SMILES string of the molecule is CCc1ccc(OC(F)(F)F)c(C=O)c1. The molecule has 5 heteroatoms. The summed E-state index contributed by atoms with van der Waals surface area (Å²) >= 11 is 0. The summed E-state index contributed by atoms with van der Waals surface area (Å²) < 4.78 is 39.4. The highest BCUT2D eigenvalue weighted by atomic mass is 19.4. The Balaban J connectivity index is 3.03. The van der Waals surface area contributed by atoms with Crippen molar-refractivity contribution in [1.82, 2.24) is 0 Å². The Morgan fingerprint density at radius 1 is 1.40 bits per heavy atom. The molecule has 0 bridgehead atoms. The molecule has 0 aliphatic carbocycles. The van der Waals surface area contributed by atoms with E-state index >= 15 is 0 Å². The Labute approximate surface area is 84.7 Å². The fourth-order valence-electron chi connectivity index (χ4n) is 1.13. The Morgan fingerprint density at radius 2 is 2.07 bits per heavy atom. The molecule has 15 heavy (non-hydrogen) atoms. The van der Waals surface area contributed by atoms with Crippen molar-refractivity contribution in [2.75, 3.05) is 0 Å². The quantitative estimate of drug-likeness (QED) is 0.729. The predicted molar refractivity (Wildman–Crippen MR) is 47.9 cm³/mol. The van der Waals surface area contributed by atoms with Gasteiger partial charge in [-0.15, -0.1) is 13.2 Å². The van der Waals surface area contributed by atoms with Gasteiger partial charge in [0.2, 0.25) is 0 Å². The Kier molecular flexibility index (Phi) is 3.34. The van der Waals surface area contributed by atoms with Crippen LogP contribution in [0, 0.1) is 0 Å². The first kappa shape index (κ1) is 11.6. The normalized spacial score (nSPS) is 11.2. The van der Waals surface area contributed by atoms with Crippen molar-refractivity contribution in [3.8, 4) is 5.75 Å². The second kappa shape index (κ2) is 4.33. The first-order valence-electron chi connectivity index (χ1n) is 4.30. The number of aryl methyl sites for hydroxylation is 1. The zero-order valence-corrected chi connectivity index (χ0v) is 7.97. The van der Waals surface area contributed by atoms with E-state index in [4.69, 9.17) is 0 Å². The van der Waals surface area contributed by atoms with Gasteiger partial charge in [0.1, 0.15) is 5.75 Å². The van der Waals surface area contributed by atoms with Crippen molar-refractivity contribution in [2.24, 2.45) is 0 Å². The van der Waals surface area contributed by atoms with E-state index in [-0.39, 0.29) is 5.56 Å². The number of aldehydes is 1. The maximum absolute atomic E-state index is 11.9. The average molecular weight is 218 g/mol. The molecule has 0 saturated heterocycles. The van der Waals surface area contributed by atoms with Gasteiger partial charge in [0.15, 0.2) is 6.29 Å². The second-order valence-electron chi connectivity index (χ2n) is 2.89. The summed E-state index contributed by atoms with van der Waals surface area (Å²) in [5.74, 6) is -0.463. The summed E-state index contributed by atoms with van der Waals surface area (Å²) in [6, 6.07) is 4.03. The number of carbonyl (C=O) groups excluding carboxylic acids is 1. The molecule has 1 rings (SSSR count). The zero-order valence-electron chi connectivity index (χ0n) is 7.97. The van der Waals surface area contributed by atoms with Crippen LogP contribution in [0.3, 0.4) is 0 Å². The van der Waals surface area contributed by atoms with Gasteiger partial charge in [-0.3, -0.25) is 4.79 Å². The highest BCUT2D eigenvalue weighted by Crippen LogP contribution is 2.26. The molecule has 0 atom stereocenters. The largest absolute Gasteiger partial charge is 0.573 e. The molecule has 0 radical (unpaired) electrons. The highest BCUT2D eigenvalue weighted by molar-refractivity contribution is 5.79. The van der Waals surface area contributed by atoms with Crippen LogP contribution in [0.15, 0.2) is 18.2 Å². The van der Waals surface area contributed by atoms with Crippen molar-refractivity contribution in [3.63, 3.8) is 0 Å². The first-order valence-corrected chi connectivity index (χ1v) is 4.30. The van der Waals surface area contributed by atoms with E-state index in [2.05, 4.69) is 4.74 Å². The fourth-order valence-corrected chi connectivity index (χ4v) is 1.13. The molecule has 1 aromatic carbocycles. The smallest absolute Gasteiger partial charge is 0.405 e. The molecule has 0 aliphatic heterocycles. The second-order valence-corrected chi connectivity index (χ2v) is 2.89. The molecular weight excluding hydrogens is 209 g/mol. The number of hydrogen-bond acceptors (Lipinski definition) is 2. The van der Waals surface area contributed by atoms with Crippen LogP contribution in [0.5, 0.6) is 5.75 Å². The van der Waals surface area contributed by atoms with Gasteiger partial charge in [0.25, 0.3) is 0 Å². The van der Waals surface area contributed by atoms with Gasteiger partial charge in [-0.05, 0) is 24.1 Å². The minimum Gasteiger partial charge on any atom is -0.405 e. The molecule has 0 amide bonds. The molecule has 0 fully saturated rings. The molecule has 0 aromatic heterocycles. The number of benzene rings is 1. The molecule has 0 saturated carbocycles. The van der Waals surface area contributed by atoms with E-state index in [1.165, 1.54) is 12.1 Å². The lowest BCUT2D eigenvalue weighted by atomic mass is 10.1. The van der Waals surface area contributed by atoms with E-state index in [0.29, 0.717) is 12.7 Å². The standard InChI is InChI=1S/C10H9F3O2/c1-2-7-3-4-9(8(5-7)6-14)15-10(11,12)13/h3-6H,2H2,1H3. The first-order chi connectivity index (χ1) is 6.96. The van der Waals surface area contributed by atoms with Crippen LogP contribution < -0.4 is 4.74 Å².